The van der Waals surface area contributed by atoms with E-state index in [0.717, 1.165) is 0 Å². The zero-order chi connectivity index (χ0) is 18.3. The number of hydrogen-bond donors (Lipinski definition) is 2. The first-order valence-electron chi connectivity index (χ1n) is 7.46. The van der Waals surface area contributed by atoms with E-state index in [9.17, 15) is 24.6 Å². The lowest BCUT2D eigenvalue weighted by molar-refractivity contribution is -0.160. The van der Waals surface area contributed by atoms with E-state index in [-0.39, 0.29) is 6.42 Å². The van der Waals surface area contributed by atoms with Crippen molar-refractivity contribution in [3.8, 4) is 0 Å². The number of aliphatic hydroxyl groups is 2. The number of ether oxygens (including phenoxy) is 3. The molecule has 1 heterocycles. The fourth-order valence-electron chi connectivity index (χ4n) is 2.11. The Morgan fingerprint density at radius 1 is 1.25 bits per heavy atom. The van der Waals surface area contributed by atoms with Crippen molar-refractivity contribution in [3.63, 3.8) is 0 Å². The molecule has 0 saturated heterocycles. The van der Waals surface area contributed by atoms with Crippen LogP contribution in [-0.4, -0.2) is 58.6 Å². The first-order chi connectivity index (χ1) is 11.2. The third-order valence-corrected chi connectivity index (χ3v) is 3.24. The minimum Gasteiger partial charge on any atom is -0.459 e. The summed E-state index contributed by atoms with van der Waals surface area (Å²) in [4.78, 5) is 33.3. The molecule has 0 saturated carbocycles. The van der Waals surface area contributed by atoms with Gasteiger partial charge in [0.2, 0.25) is 0 Å². The van der Waals surface area contributed by atoms with Gasteiger partial charge in [0.25, 0.3) is 0 Å². The van der Waals surface area contributed by atoms with Crippen LogP contribution in [0.4, 0.5) is 0 Å². The highest BCUT2D eigenvalue weighted by Gasteiger charge is 2.29. The van der Waals surface area contributed by atoms with E-state index >= 15 is 0 Å². The minimum atomic E-state index is -1.36. The number of cyclic esters (lactones) is 1. The second-order valence-corrected chi connectivity index (χ2v) is 5.37. The number of aliphatic hydroxyl groups excluding tert-OH is 2. The Morgan fingerprint density at radius 3 is 2.42 bits per heavy atom. The fraction of sp³-hybridized carbons (Fsp3) is 0.562. The largest absolute Gasteiger partial charge is 0.459 e. The van der Waals surface area contributed by atoms with Gasteiger partial charge in [-0.05, 0) is 13.0 Å². The van der Waals surface area contributed by atoms with Gasteiger partial charge in [0.05, 0.1) is 0 Å². The quantitative estimate of drug-likeness (QED) is 0.377. The van der Waals surface area contributed by atoms with Crippen LogP contribution in [0.3, 0.4) is 0 Å². The van der Waals surface area contributed by atoms with Crippen molar-refractivity contribution in [2.75, 3.05) is 0 Å². The zero-order valence-corrected chi connectivity index (χ0v) is 13.7. The first kappa shape index (κ1) is 19.9. The molecular weight excluding hydrogens is 320 g/mol. The van der Waals surface area contributed by atoms with Crippen LogP contribution in [0, 0.1) is 0 Å². The van der Waals surface area contributed by atoms with Crippen molar-refractivity contribution >= 4 is 17.9 Å². The van der Waals surface area contributed by atoms with Gasteiger partial charge in [-0.3, -0.25) is 9.59 Å². The van der Waals surface area contributed by atoms with Crippen LogP contribution in [0.1, 0.15) is 27.2 Å². The molecule has 8 heteroatoms. The molecule has 1 rings (SSSR count). The van der Waals surface area contributed by atoms with Crippen LogP contribution < -0.4 is 0 Å². The SMILES string of the molecule is CC(=O)O[C@H](C)[C@@H](/C=C/[C@@H](O)[C@@H](O)[C@@H]1CC=CC(=O)O1)OC(C)=O. The van der Waals surface area contributed by atoms with Crippen LogP contribution in [-0.2, 0) is 28.6 Å². The smallest absolute Gasteiger partial charge is 0.330 e. The number of esters is 3. The van der Waals surface area contributed by atoms with Gasteiger partial charge >= 0.3 is 17.9 Å². The summed E-state index contributed by atoms with van der Waals surface area (Å²) < 4.78 is 14.9. The first-order valence-corrected chi connectivity index (χ1v) is 7.46. The van der Waals surface area contributed by atoms with Crippen molar-refractivity contribution in [2.24, 2.45) is 0 Å². The van der Waals surface area contributed by atoms with E-state index in [4.69, 9.17) is 14.2 Å². The van der Waals surface area contributed by atoms with Crippen molar-refractivity contribution < 1.29 is 38.8 Å². The summed E-state index contributed by atoms with van der Waals surface area (Å²) in [6, 6.07) is 0. The van der Waals surface area contributed by atoms with E-state index in [1.54, 1.807) is 6.08 Å². The van der Waals surface area contributed by atoms with Crippen LogP contribution in [0.15, 0.2) is 24.3 Å². The maximum Gasteiger partial charge on any atom is 0.330 e. The average molecular weight is 342 g/mol. The predicted octanol–water partition coefficient (Wildman–Crippen LogP) is 0.0194. The van der Waals surface area contributed by atoms with Gasteiger partial charge in [-0.2, -0.15) is 0 Å². The molecule has 1 aliphatic rings. The topological polar surface area (TPSA) is 119 Å². The second kappa shape index (κ2) is 9.19. The molecule has 0 unspecified atom stereocenters. The number of carbonyl (C=O) groups is 3. The summed E-state index contributed by atoms with van der Waals surface area (Å²) in [5.41, 5.74) is 0. The number of rotatable bonds is 7. The minimum absolute atomic E-state index is 0.273. The molecule has 0 aromatic heterocycles. The van der Waals surface area contributed by atoms with Gasteiger partial charge in [0.1, 0.15) is 24.4 Å². The molecule has 8 nitrogen and oxygen atoms in total. The molecule has 0 aromatic rings. The molecule has 24 heavy (non-hydrogen) atoms. The third-order valence-electron chi connectivity index (χ3n) is 3.24. The van der Waals surface area contributed by atoms with E-state index in [1.807, 2.05) is 0 Å². The molecule has 5 atom stereocenters. The fourth-order valence-corrected chi connectivity index (χ4v) is 2.11. The lowest BCUT2D eigenvalue weighted by Gasteiger charge is -2.26. The number of hydrogen-bond acceptors (Lipinski definition) is 8. The molecule has 0 aromatic carbocycles. The lowest BCUT2D eigenvalue weighted by atomic mass is 10.0. The molecule has 0 aliphatic carbocycles. The maximum atomic E-state index is 11.2. The van der Waals surface area contributed by atoms with Crippen LogP contribution >= 0.6 is 0 Å². The van der Waals surface area contributed by atoms with Gasteiger partial charge in [-0.15, -0.1) is 0 Å². The molecule has 0 radical (unpaired) electrons. The van der Waals surface area contributed by atoms with Crippen molar-refractivity contribution in [1.82, 2.24) is 0 Å². The summed E-state index contributed by atoms with van der Waals surface area (Å²) in [6.07, 6.45) is 0.269. The highest BCUT2D eigenvalue weighted by atomic mass is 16.6. The van der Waals surface area contributed by atoms with Crippen molar-refractivity contribution in [2.45, 2.75) is 57.7 Å². The Bertz CT molecular complexity index is 524. The normalized spacial score (nSPS) is 22.4. The van der Waals surface area contributed by atoms with E-state index in [2.05, 4.69) is 0 Å². The maximum absolute atomic E-state index is 11.2. The monoisotopic (exact) mass is 342 g/mol. The number of carbonyl (C=O) groups excluding carboxylic acids is 3. The molecule has 0 amide bonds. The van der Waals surface area contributed by atoms with Gasteiger partial charge in [-0.25, -0.2) is 4.79 Å². The van der Waals surface area contributed by atoms with Gasteiger partial charge in [0, 0.05) is 26.3 Å². The highest BCUT2D eigenvalue weighted by molar-refractivity contribution is 5.82. The summed E-state index contributed by atoms with van der Waals surface area (Å²) in [5, 5.41) is 20.0. The predicted molar refractivity (Wildman–Crippen MR) is 81.6 cm³/mol. The standard InChI is InChI=1S/C16H22O8/c1-9(22-10(2)17)13(23-11(3)18)8-7-12(19)16(21)14-5-4-6-15(20)24-14/h4,6-9,12-14,16,19,21H,5H2,1-3H3/b8-7+/t9-,12-,13-,14+,16-/m1/s1. The summed E-state index contributed by atoms with van der Waals surface area (Å²) >= 11 is 0. The van der Waals surface area contributed by atoms with Gasteiger partial charge in [0.15, 0.2) is 6.10 Å². The van der Waals surface area contributed by atoms with E-state index in [1.165, 1.54) is 39.0 Å². The van der Waals surface area contributed by atoms with Crippen LogP contribution in [0.2, 0.25) is 0 Å². The highest BCUT2D eigenvalue weighted by Crippen LogP contribution is 2.16. The van der Waals surface area contributed by atoms with Crippen molar-refractivity contribution in [1.29, 1.82) is 0 Å². The third kappa shape index (κ3) is 6.51. The Labute approximate surface area is 139 Å². The summed E-state index contributed by atoms with van der Waals surface area (Å²) in [5.74, 6) is -1.73. The Kier molecular flexibility index (Phi) is 7.60. The van der Waals surface area contributed by atoms with Gasteiger partial charge < -0.3 is 24.4 Å². The second-order valence-electron chi connectivity index (χ2n) is 5.37. The van der Waals surface area contributed by atoms with Gasteiger partial charge in [-0.1, -0.05) is 12.2 Å². The summed E-state index contributed by atoms with van der Waals surface area (Å²) in [7, 11) is 0. The molecule has 0 bridgehead atoms. The molecule has 1 aliphatic heterocycles. The average Bonchev–Trinajstić information content (AvgIpc) is 2.49. The molecule has 0 spiro atoms. The molecular formula is C16H22O8. The Morgan fingerprint density at radius 2 is 1.88 bits per heavy atom. The van der Waals surface area contributed by atoms with Crippen molar-refractivity contribution in [3.05, 3.63) is 24.3 Å². The Balaban J connectivity index is 2.72. The van der Waals surface area contributed by atoms with E-state index < -0.39 is 48.4 Å². The van der Waals surface area contributed by atoms with Crippen LogP contribution in [0.5, 0.6) is 0 Å². The summed E-state index contributed by atoms with van der Waals surface area (Å²) in [6.45, 7) is 3.94. The van der Waals surface area contributed by atoms with E-state index in [0.29, 0.717) is 0 Å². The van der Waals surface area contributed by atoms with Crippen LogP contribution in [0.25, 0.3) is 0 Å². The lowest BCUT2D eigenvalue weighted by Crippen LogP contribution is -2.40. The molecule has 134 valence electrons. The Hall–Kier alpha value is -2.19. The zero-order valence-electron chi connectivity index (χ0n) is 13.7. The molecule has 2 N–H and O–H groups in total. The molecule has 0 fully saturated rings.